The Bertz CT molecular complexity index is 701. The molecule has 138 valence electrons. The Labute approximate surface area is 150 Å². The lowest BCUT2D eigenvalue weighted by molar-refractivity contribution is -0.294. The van der Waals surface area contributed by atoms with Gasteiger partial charge in [0.25, 0.3) is 5.72 Å². The predicted octanol–water partition coefficient (Wildman–Crippen LogP) is 2.78. The summed E-state index contributed by atoms with van der Waals surface area (Å²) in [4.78, 5) is 23.9. The van der Waals surface area contributed by atoms with E-state index in [0.29, 0.717) is 0 Å². The first kappa shape index (κ1) is 19.6. The molecule has 0 spiro atoms. The minimum Gasteiger partial charge on any atom is -0.466 e. The number of halogens is 5. The number of ether oxygens (including phenoxy) is 1. The maximum absolute atomic E-state index is 13.4. The fraction of sp³-hybridized carbons (Fsp3) is 0.429. The second kappa shape index (κ2) is 6.89. The van der Waals surface area contributed by atoms with Crippen LogP contribution in [0.5, 0.6) is 0 Å². The summed E-state index contributed by atoms with van der Waals surface area (Å²) in [5, 5.41) is 13.8. The minimum atomic E-state index is -5.35. The van der Waals surface area contributed by atoms with Gasteiger partial charge in [-0.1, -0.05) is 29.3 Å². The molecule has 25 heavy (non-hydrogen) atoms. The lowest BCUT2D eigenvalue weighted by Gasteiger charge is -2.44. The first-order valence-electron chi connectivity index (χ1n) is 7.00. The zero-order valence-electron chi connectivity index (χ0n) is 12.7. The summed E-state index contributed by atoms with van der Waals surface area (Å²) in [6.07, 6.45) is -5.35. The van der Waals surface area contributed by atoms with E-state index in [1.54, 1.807) is 0 Å². The van der Waals surface area contributed by atoms with Crippen molar-refractivity contribution in [1.82, 2.24) is 10.6 Å². The molecule has 0 bridgehead atoms. The number of hydrogen-bond acceptors (Lipinski definition) is 4. The quantitative estimate of drug-likeness (QED) is 0.680. The third kappa shape index (κ3) is 3.63. The van der Waals surface area contributed by atoms with E-state index in [9.17, 15) is 27.9 Å². The van der Waals surface area contributed by atoms with Crippen LogP contribution >= 0.6 is 23.2 Å². The number of alkyl halides is 3. The first-order chi connectivity index (χ1) is 11.5. The lowest BCUT2D eigenvalue weighted by Crippen LogP contribution is -2.73. The maximum atomic E-state index is 13.4. The van der Waals surface area contributed by atoms with Gasteiger partial charge >= 0.3 is 18.2 Å². The van der Waals surface area contributed by atoms with Crippen LogP contribution in [0, 0.1) is 5.92 Å². The molecule has 6 nitrogen and oxygen atoms in total. The average molecular weight is 401 g/mol. The molecule has 1 aliphatic heterocycles. The number of benzene rings is 1. The highest BCUT2D eigenvalue weighted by atomic mass is 35.5. The van der Waals surface area contributed by atoms with Crippen LogP contribution in [-0.2, 0) is 9.53 Å². The van der Waals surface area contributed by atoms with Gasteiger partial charge in [0.05, 0.1) is 12.6 Å². The van der Waals surface area contributed by atoms with Crippen molar-refractivity contribution in [3.05, 3.63) is 33.8 Å². The summed E-state index contributed by atoms with van der Waals surface area (Å²) in [5.74, 6) is -3.59. The van der Waals surface area contributed by atoms with Gasteiger partial charge in [-0.2, -0.15) is 13.2 Å². The number of hydrogen-bond donors (Lipinski definition) is 3. The molecule has 1 aliphatic rings. The van der Waals surface area contributed by atoms with Gasteiger partial charge in [0.1, 0.15) is 5.92 Å². The van der Waals surface area contributed by atoms with Crippen LogP contribution in [0.2, 0.25) is 10.0 Å². The summed E-state index contributed by atoms with van der Waals surface area (Å²) in [6, 6.07) is 0.901. The second-order valence-corrected chi connectivity index (χ2v) is 6.08. The fourth-order valence-corrected chi connectivity index (χ4v) is 3.08. The number of carbonyl (C=O) groups excluding carboxylic acids is 2. The Morgan fingerprint density at radius 1 is 1.40 bits per heavy atom. The third-order valence-electron chi connectivity index (χ3n) is 3.64. The smallest absolute Gasteiger partial charge is 0.437 e. The zero-order chi connectivity index (χ0) is 19.0. The van der Waals surface area contributed by atoms with E-state index in [-0.39, 0.29) is 22.2 Å². The summed E-state index contributed by atoms with van der Waals surface area (Å²) in [7, 11) is 0. The van der Waals surface area contributed by atoms with E-state index in [0.717, 1.165) is 0 Å². The third-order valence-corrected chi connectivity index (χ3v) is 4.21. The molecule has 0 radical (unpaired) electrons. The SMILES string of the molecule is CCOC(=O)[C@@H]1[C@@H](c2ccc(Cl)cc2Cl)NC(=O)N[C@]1(O)C(F)(F)F. The number of amides is 2. The molecule has 2 rings (SSSR count). The molecule has 1 aromatic carbocycles. The predicted molar refractivity (Wildman–Crippen MR) is 82.0 cm³/mol. The van der Waals surface area contributed by atoms with Crippen LogP contribution in [0.1, 0.15) is 18.5 Å². The van der Waals surface area contributed by atoms with Gasteiger partial charge in [-0.3, -0.25) is 4.79 Å². The van der Waals surface area contributed by atoms with Gasteiger partial charge in [0.15, 0.2) is 0 Å². The number of urea groups is 1. The second-order valence-electron chi connectivity index (χ2n) is 5.24. The van der Waals surface area contributed by atoms with Gasteiger partial charge in [0, 0.05) is 10.0 Å². The molecule has 0 saturated carbocycles. The van der Waals surface area contributed by atoms with Gasteiger partial charge in [-0.05, 0) is 24.6 Å². The van der Waals surface area contributed by atoms with Crippen LogP contribution in [-0.4, -0.2) is 35.6 Å². The van der Waals surface area contributed by atoms with Gasteiger partial charge in [-0.15, -0.1) is 0 Å². The molecule has 1 heterocycles. The van der Waals surface area contributed by atoms with Gasteiger partial charge in [0.2, 0.25) is 0 Å². The molecule has 0 aromatic heterocycles. The van der Waals surface area contributed by atoms with Crippen molar-refractivity contribution in [2.45, 2.75) is 24.9 Å². The molecule has 1 aromatic rings. The Morgan fingerprint density at radius 2 is 2.04 bits per heavy atom. The first-order valence-corrected chi connectivity index (χ1v) is 7.76. The summed E-state index contributed by atoms with van der Waals surface area (Å²) >= 11 is 11.8. The molecule has 1 fully saturated rings. The van der Waals surface area contributed by atoms with E-state index in [1.165, 1.54) is 30.4 Å². The summed E-state index contributed by atoms with van der Waals surface area (Å²) in [5.41, 5.74) is -3.86. The Hall–Kier alpha value is -1.71. The van der Waals surface area contributed by atoms with Crippen molar-refractivity contribution in [2.75, 3.05) is 6.61 Å². The van der Waals surface area contributed by atoms with Crippen molar-refractivity contribution in [3.63, 3.8) is 0 Å². The molecule has 11 heteroatoms. The number of aliphatic hydroxyl groups is 1. The average Bonchev–Trinajstić information content (AvgIpc) is 2.45. The monoisotopic (exact) mass is 400 g/mol. The fourth-order valence-electron chi connectivity index (χ4n) is 2.55. The van der Waals surface area contributed by atoms with E-state index >= 15 is 0 Å². The van der Waals surface area contributed by atoms with E-state index in [1.807, 2.05) is 0 Å². The van der Waals surface area contributed by atoms with Crippen molar-refractivity contribution in [2.24, 2.45) is 5.92 Å². The molecule has 3 atom stereocenters. The van der Waals surface area contributed by atoms with Crippen LogP contribution < -0.4 is 10.6 Å². The highest BCUT2D eigenvalue weighted by Gasteiger charge is 2.67. The molecule has 2 amide bonds. The van der Waals surface area contributed by atoms with Crippen LogP contribution in [0.4, 0.5) is 18.0 Å². The molecular weight excluding hydrogens is 388 g/mol. The van der Waals surface area contributed by atoms with Crippen LogP contribution in [0.3, 0.4) is 0 Å². The minimum absolute atomic E-state index is 0.0263. The summed E-state index contributed by atoms with van der Waals surface area (Å²) in [6.45, 7) is 1.17. The molecular formula is C14H13Cl2F3N2O4. The van der Waals surface area contributed by atoms with Crippen molar-refractivity contribution in [3.8, 4) is 0 Å². The Balaban J connectivity index is 2.61. The highest BCUT2D eigenvalue weighted by molar-refractivity contribution is 6.35. The molecule has 3 N–H and O–H groups in total. The van der Waals surface area contributed by atoms with Crippen molar-refractivity contribution in [1.29, 1.82) is 0 Å². The number of rotatable bonds is 3. The molecule has 0 unspecified atom stereocenters. The van der Waals surface area contributed by atoms with E-state index in [2.05, 4.69) is 10.1 Å². The summed E-state index contributed by atoms with van der Waals surface area (Å²) < 4.78 is 45.0. The van der Waals surface area contributed by atoms with Crippen molar-refractivity contribution < 1.29 is 32.6 Å². The number of nitrogens with one attached hydrogen (secondary N) is 2. The van der Waals surface area contributed by atoms with E-state index in [4.69, 9.17) is 23.2 Å². The molecule has 1 saturated heterocycles. The normalized spacial score (nSPS) is 26.6. The number of carbonyl (C=O) groups is 2. The maximum Gasteiger partial charge on any atom is 0.437 e. The topological polar surface area (TPSA) is 87.7 Å². The van der Waals surface area contributed by atoms with Crippen LogP contribution in [0.25, 0.3) is 0 Å². The van der Waals surface area contributed by atoms with Crippen LogP contribution in [0.15, 0.2) is 18.2 Å². The number of esters is 1. The van der Waals surface area contributed by atoms with E-state index < -0.39 is 35.9 Å². The standard InChI is InChI=1S/C14H13Cl2F3N2O4/c1-2-25-11(22)9-10(7-4-3-6(15)5-8(7)16)20-12(23)21-13(9,24)14(17,18)19/h3-5,9-10,24H,2H2,1H3,(H2,20,21,23)/t9-,10+,13+/m0/s1. The molecule has 0 aliphatic carbocycles. The van der Waals surface area contributed by atoms with Gasteiger partial charge < -0.3 is 20.5 Å². The lowest BCUT2D eigenvalue weighted by atomic mass is 9.82. The highest BCUT2D eigenvalue weighted by Crippen LogP contribution is 2.44. The van der Waals surface area contributed by atoms with Crippen molar-refractivity contribution >= 4 is 35.2 Å². The Morgan fingerprint density at radius 3 is 2.56 bits per heavy atom. The zero-order valence-corrected chi connectivity index (χ0v) is 14.2. The van der Waals surface area contributed by atoms with Gasteiger partial charge in [-0.25, -0.2) is 4.79 Å². The largest absolute Gasteiger partial charge is 0.466 e. The Kier molecular flexibility index (Phi) is 5.41.